The Hall–Kier alpha value is -1.96. The summed E-state index contributed by atoms with van der Waals surface area (Å²) >= 11 is 0. The first kappa shape index (κ1) is 12.5. The Balaban J connectivity index is 1.96. The molecule has 0 N–H and O–H groups in total. The molecule has 0 aromatic heterocycles. The minimum absolute atomic E-state index is 0.311. The molecule has 0 heterocycles. The summed E-state index contributed by atoms with van der Waals surface area (Å²) in [6.07, 6.45) is -0.311. The normalized spacial score (nSPS) is 11.9. The summed E-state index contributed by atoms with van der Waals surface area (Å²) in [7, 11) is 0. The van der Waals surface area contributed by atoms with Crippen molar-refractivity contribution in [2.24, 2.45) is 0 Å². The number of benzene rings is 2. The van der Waals surface area contributed by atoms with Gasteiger partial charge in [-0.25, -0.2) is 0 Å². The van der Waals surface area contributed by atoms with Gasteiger partial charge in [0.1, 0.15) is 11.5 Å². The molecule has 0 amide bonds. The third-order valence-corrected chi connectivity index (χ3v) is 2.61. The van der Waals surface area contributed by atoms with E-state index in [2.05, 4.69) is 6.92 Å². The molecule has 0 fully saturated rings. The quantitative estimate of drug-likeness (QED) is 0.751. The lowest BCUT2D eigenvalue weighted by molar-refractivity contribution is 0.0223. The Bertz CT molecular complexity index is 503. The van der Waals surface area contributed by atoms with Crippen molar-refractivity contribution in [2.45, 2.75) is 27.1 Å². The first-order valence-electron chi connectivity index (χ1n) is 6.10. The van der Waals surface area contributed by atoms with Crippen LogP contribution in [0.1, 0.15) is 18.1 Å². The lowest BCUT2D eigenvalue weighted by Gasteiger charge is -2.16. The van der Waals surface area contributed by atoms with Crippen LogP contribution in [-0.2, 0) is 0 Å². The van der Waals surface area contributed by atoms with Crippen molar-refractivity contribution in [1.82, 2.24) is 0 Å². The molecule has 1 atom stereocenters. The third-order valence-electron chi connectivity index (χ3n) is 2.61. The predicted octanol–water partition coefficient (Wildman–Crippen LogP) is 4.11. The average molecular weight is 242 g/mol. The van der Waals surface area contributed by atoms with Crippen LogP contribution in [0.15, 0.2) is 48.5 Å². The van der Waals surface area contributed by atoms with Gasteiger partial charge in [-0.1, -0.05) is 29.8 Å². The van der Waals surface area contributed by atoms with Crippen molar-refractivity contribution < 1.29 is 9.47 Å². The summed E-state index contributed by atoms with van der Waals surface area (Å²) in [5, 5.41) is 0. The Morgan fingerprint density at radius 2 is 1.44 bits per heavy atom. The van der Waals surface area contributed by atoms with E-state index in [0.29, 0.717) is 0 Å². The number of hydrogen-bond donors (Lipinski definition) is 0. The second-order valence-electron chi connectivity index (χ2n) is 4.43. The molecule has 0 bridgehead atoms. The smallest absolute Gasteiger partial charge is 0.238 e. The van der Waals surface area contributed by atoms with Gasteiger partial charge in [0, 0.05) is 6.92 Å². The highest BCUT2D eigenvalue weighted by atomic mass is 16.7. The number of ether oxygens (including phenoxy) is 2. The molecule has 2 heteroatoms. The molecule has 2 aromatic carbocycles. The maximum Gasteiger partial charge on any atom is 0.238 e. The zero-order chi connectivity index (χ0) is 13.0. The van der Waals surface area contributed by atoms with E-state index in [0.717, 1.165) is 11.5 Å². The molecule has 2 rings (SSSR count). The summed E-state index contributed by atoms with van der Waals surface area (Å²) in [4.78, 5) is 0. The van der Waals surface area contributed by atoms with E-state index >= 15 is 0 Å². The number of rotatable bonds is 4. The molecule has 94 valence electrons. The van der Waals surface area contributed by atoms with E-state index < -0.39 is 0 Å². The van der Waals surface area contributed by atoms with E-state index in [1.165, 1.54) is 11.1 Å². The van der Waals surface area contributed by atoms with Gasteiger partial charge in [0.2, 0.25) is 6.29 Å². The molecule has 0 saturated carbocycles. The molecule has 0 aliphatic heterocycles. The molecular formula is C16H18O2. The topological polar surface area (TPSA) is 18.5 Å². The van der Waals surface area contributed by atoms with Crippen LogP contribution >= 0.6 is 0 Å². The highest BCUT2D eigenvalue weighted by Gasteiger charge is 2.05. The fourth-order valence-electron chi connectivity index (χ4n) is 1.71. The van der Waals surface area contributed by atoms with Crippen molar-refractivity contribution in [3.63, 3.8) is 0 Å². The highest BCUT2D eigenvalue weighted by molar-refractivity contribution is 5.28. The lowest BCUT2D eigenvalue weighted by Crippen LogP contribution is -2.19. The van der Waals surface area contributed by atoms with Gasteiger partial charge in [0.15, 0.2) is 0 Å². The minimum atomic E-state index is -0.311. The third kappa shape index (κ3) is 3.52. The van der Waals surface area contributed by atoms with Gasteiger partial charge in [-0.05, 0) is 43.7 Å². The standard InChI is InChI=1S/C16H18O2/c1-12-7-9-15(10-8-12)17-14(3)18-16-6-4-5-13(2)11-16/h4-11,14H,1-3H3. The summed E-state index contributed by atoms with van der Waals surface area (Å²) in [6.45, 7) is 5.98. The zero-order valence-electron chi connectivity index (χ0n) is 11.0. The molecule has 0 aliphatic rings. The van der Waals surface area contributed by atoms with Gasteiger partial charge in [-0.3, -0.25) is 0 Å². The average Bonchev–Trinajstić information content (AvgIpc) is 2.32. The lowest BCUT2D eigenvalue weighted by atomic mass is 10.2. The first-order valence-corrected chi connectivity index (χ1v) is 6.10. The first-order chi connectivity index (χ1) is 8.63. The Morgan fingerprint density at radius 1 is 0.778 bits per heavy atom. The van der Waals surface area contributed by atoms with Gasteiger partial charge in [-0.2, -0.15) is 0 Å². The van der Waals surface area contributed by atoms with Crippen LogP contribution in [0.3, 0.4) is 0 Å². The molecule has 2 nitrogen and oxygen atoms in total. The molecule has 18 heavy (non-hydrogen) atoms. The van der Waals surface area contributed by atoms with Gasteiger partial charge in [0.05, 0.1) is 0 Å². The fraction of sp³-hybridized carbons (Fsp3) is 0.250. The molecule has 2 aromatic rings. The maximum absolute atomic E-state index is 5.71. The van der Waals surface area contributed by atoms with Crippen LogP contribution < -0.4 is 9.47 Å². The van der Waals surface area contributed by atoms with E-state index in [-0.39, 0.29) is 6.29 Å². The van der Waals surface area contributed by atoms with Crippen LogP contribution in [0.25, 0.3) is 0 Å². The van der Waals surface area contributed by atoms with Crippen molar-refractivity contribution in [1.29, 1.82) is 0 Å². The minimum Gasteiger partial charge on any atom is -0.455 e. The molecule has 1 unspecified atom stereocenters. The Kier molecular flexibility index (Phi) is 3.88. The van der Waals surface area contributed by atoms with Gasteiger partial charge >= 0.3 is 0 Å². The fourth-order valence-corrected chi connectivity index (χ4v) is 1.71. The largest absolute Gasteiger partial charge is 0.455 e. The van der Waals surface area contributed by atoms with Crippen LogP contribution in [0.5, 0.6) is 11.5 Å². The van der Waals surface area contributed by atoms with Crippen LogP contribution in [0, 0.1) is 13.8 Å². The summed E-state index contributed by atoms with van der Waals surface area (Å²) in [6, 6.07) is 15.9. The van der Waals surface area contributed by atoms with Crippen LogP contribution in [0.2, 0.25) is 0 Å². The second kappa shape index (κ2) is 5.58. The van der Waals surface area contributed by atoms with E-state index in [1.807, 2.05) is 62.4 Å². The van der Waals surface area contributed by atoms with Crippen LogP contribution in [0.4, 0.5) is 0 Å². The summed E-state index contributed by atoms with van der Waals surface area (Å²) < 4.78 is 11.4. The summed E-state index contributed by atoms with van der Waals surface area (Å²) in [5.41, 5.74) is 2.39. The van der Waals surface area contributed by atoms with E-state index in [1.54, 1.807) is 0 Å². The van der Waals surface area contributed by atoms with Crippen molar-refractivity contribution in [3.8, 4) is 11.5 Å². The predicted molar refractivity (Wildman–Crippen MR) is 73.1 cm³/mol. The molecule has 0 radical (unpaired) electrons. The van der Waals surface area contributed by atoms with Gasteiger partial charge < -0.3 is 9.47 Å². The summed E-state index contributed by atoms with van der Waals surface area (Å²) in [5.74, 6) is 1.65. The van der Waals surface area contributed by atoms with Gasteiger partial charge in [0.25, 0.3) is 0 Å². The number of aryl methyl sites for hydroxylation is 2. The van der Waals surface area contributed by atoms with E-state index in [9.17, 15) is 0 Å². The van der Waals surface area contributed by atoms with E-state index in [4.69, 9.17) is 9.47 Å². The zero-order valence-corrected chi connectivity index (χ0v) is 11.0. The monoisotopic (exact) mass is 242 g/mol. The van der Waals surface area contributed by atoms with Crippen molar-refractivity contribution >= 4 is 0 Å². The molecule has 0 aliphatic carbocycles. The Labute approximate surface area is 108 Å². The van der Waals surface area contributed by atoms with Gasteiger partial charge in [-0.15, -0.1) is 0 Å². The van der Waals surface area contributed by atoms with Crippen LogP contribution in [-0.4, -0.2) is 6.29 Å². The number of hydrogen-bond acceptors (Lipinski definition) is 2. The van der Waals surface area contributed by atoms with Crippen molar-refractivity contribution in [3.05, 3.63) is 59.7 Å². The molecular weight excluding hydrogens is 224 g/mol. The maximum atomic E-state index is 5.71. The molecule has 0 spiro atoms. The SMILES string of the molecule is Cc1ccc(OC(C)Oc2cccc(C)c2)cc1. The highest BCUT2D eigenvalue weighted by Crippen LogP contribution is 2.17. The van der Waals surface area contributed by atoms with Crippen molar-refractivity contribution in [2.75, 3.05) is 0 Å². The Morgan fingerprint density at radius 3 is 2.11 bits per heavy atom. The second-order valence-corrected chi connectivity index (χ2v) is 4.43. The molecule has 0 saturated heterocycles.